The van der Waals surface area contributed by atoms with Gasteiger partial charge in [-0.25, -0.2) is 4.79 Å². The lowest BCUT2D eigenvalue weighted by atomic mass is 10.0. The highest BCUT2D eigenvalue weighted by atomic mass is 16.4. The molecule has 31 heavy (non-hydrogen) atoms. The quantitative estimate of drug-likeness (QED) is 0.242. The first kappa shape index (κ1) is 23.8. The first-order chi connectivity index (χ1) is 14.6. The van der Waals surface area contributed by atoms with E-state index >= 15 is 0 Å². The van der Waals surface area contributed by atoms with E-state index in [0.29, 0.717) is 5.56 Å². The highest BCUT2D eigenvalue weighted by Crippen LogP contribution is 2.19. The van der Waals surface area contributed by atoms with Gasteiger partial charge in [-0.1, -0.05) is 18.2 Å². The molecule has 2 amide bonds. The minimum Gasteiger partial charge on any atom is -0.481 e. The zero-order valence-electron chi connectivity index (χ0n) is 16.9. The molecule has 1 heterocycles. The number of nitrogens with one attached hydrogen (secondary N) is 3. The van der Waals surface area contributed by atoms with Gasteiger partial charge in [0.25, 0.3) is 0 Å². The predicted molar refractivity (Wildman–Crippen MR) is 110 cm³/mol. The van der Waals surface area contributed by atoms with Crippen molar-refractivity contribution in [2.24, 2.45) is 5.73 Å². The first-order valence-corrected chi connectivity index (χ1v) is 9.64. The zero-order chi connectivity index (χ0) is 23.1. The molecule has 168 valence electrons. The molecule has 2 aromatic rings. The maximum Gasteiger partial charge on any atom is 0.326 e. The molecule has 11 nitrogen and oxygen atoms in total. The second kappa shape index (κ2) is 10.5. The second-order valence-electron chi connectivity index (χ2n) is 7.22. The molecule has 0 spiro atoms. The van der Waals surface area contributed by atoms with Gasteiger partial charge in [0.2, 0.25) is 11.8 Å². The molecule has 0 aliphatic heterocycles. The van der Waals surface area contributed by atoms with Gasteiger partial charge in [-0.15, -0.1) is 0 Å². The molecule has 0 fully saturated rings. The molecule has 0 aliphatic carbocycles. The van der Waals surface area contributed by atoms with E-state index in [-0.39, 0.29) is 12.8 Å². The number of aliphatic hydroxyl groups is 1. The van der Waals surface area contributed by atoms with Gasteiger partial charge in [-0.05, 0) is 25.0 Å². The lowest BCUT2D eigenvalue weighted by molar-refractivity contribution is -0.143. The number of hydrogen-bond acceptors (Lipinski definition) is 6. The molecule has 4 atom stereocenters. The van der Waals surface area contributed by atoms with Crippen molar-refractivity contribution in [1.82, 2.24) is 15.6 Å². The number of aliphatic hydroxyl groups excluding tert-OH is 1. The maximum atomic E-state index is 12.7. The summed E-state index contributed by atoms with van der Waals surface area (Å²) in [5, 5.41) is 33.4. The Balaban J connectivity index is 2.15. The summed E-state index contributed by atoms with van der Waals surface area (Å²) >= 11 is 0. The van der Waals surface area contributed by atoms with Gasteiger partial charge < -0.3 is 36.7 Å². The Morgan fingerprint density at radius 2 is 1.71 bits per heavy atom. The molecule has 4 unspecified atom stereocenters. The molecule has 0 bridgehead atoms. The van der Waals surface area contributed by atoms with Crippen molar-refractivity contribution < 1.29 is 34.5 Å². The number of nitrogens with two attached hydrogens (primary N) is 1. The number of para-hydroxylation sites is 1. The van der Waals surface area contributed by atoms with Crippen LogP contribution in [0.3, 0.4) is 0 Å². The van der Waals surface area contributed by atoms with Gasteiger partial charge in [0.05, 0.1) is 6.10 Å². The van der Waals surface area contributed by atoms with Crippen molar-refractivity contribution in [1.29, 1.82) is 0 Å². The van der Waals surface area contributed by atoms with Crippen molar-refractivity contribution in [3.63, 3.8) is 0 Å². The van der Waals surface area contributed by atoms with Crippen LogP contribution in [0.5, 0.6) is 0 Å². The fraction of sp³-hybridized carbons (Fsp3) is 0.400. The number of hydrogen-bond donors (Lipinski definition) is 7. The number of carbonyl (C=O) groups excluding carboxylic acids is 2. The Bertz CT molecular complexity index is 956. The van der Waals surface area contributed by atoms with Crippen LogP contribution in [0.4, 0.5) is 0 Å². The van der Waals surface area contributed by atoms with Gasteiger partial charge in [-0.3, -0.25) is 14.4 Å². The largest absolute Gasteiger partial charge is 0.481 e. The standard InChI is InChI=1S/C20H26N4O7/c1-10(25)17(21)19(29)23-14(6-7-16(26)27)18(28)24-15(20(30)31)8-11-9-22-13-5-3-2-4-12(11)13/h2-5,9-10,14-15,17,22,25H,6-8,21H2,1H3,(H,23,29)(H,24,28)(H,26,27)(H,30,31). The average molecular weight is 434 g/mol. The third kappa shape index (κ3) is 6.52. The van der Waals surface area contributed by atoms with E-state index in [0.717, 1.165) is 10.9 Å². The Labute approximate surface area is 177 Å². The van der Waals surface area contributed by atoms with Crippen molar-refractivity contribution in [3.8, 4) is 0 Å². The number of benzene rings is 1. The highest BCUT2D eigenvalue weighted by molar-refractivity contribution is 5.92. The number of carboxylic acids is 2. The summed E-state index contributed by atoms with van der Waals surface area (Å²) in [6, 6.07) is 3.29. The molecule has 0 aliphatic rings. The Morgan fingerprint density at radius 1 is 1.06 bits per heavy atom. The lowest BCUT2D eigenvalue weighted by Crippen LogP contribution is -2.56. The van der Waals surface area contributed by atoms with Gasteiger partial charge in [0.15, 0.2) is 0 Å². The number of aromatic amines is 1. The second-order valence-corrected chi connectivity index (χ2v) is 7.22. The van der Waals surface area contributed by atoms with Gasteiger partial charge in [-0.2, -0.15) is 0 Å². The van der Waals surface area contributed by atoms with Crippen LogP contribution in [-0.4, -0.2) is 68.3 Å². The van der Waals surface area contributed by atoms with Crippen LogP contribution in [0.1, 0.15) is 25.3 Å². The van der Waals surface area contributed by atoms with E-state index in [1.54, 1.807) is 12.3 Å². The van der Waals surface area contributed by atoms with Crippen molar-refractivity contribution in [2.45, 2.75) is 50.4 Å². The molecule has 11 heteroatoms. The summed E-state index contributed by atoms with van der Waals surface area (Å²) in [5.74, 6) is -4.20. The molecule has 0 saturated carbocycles. The zero-order valence-corrected chi connectivity index (χ0v) is 16.9. The molecular weight excluding hydrogens is 408 g/mol. The van der Waals surface area contributed by atoms with E-state index in [4.69, 9.17) is 10.8 Å². The number of carbonyl (C=O) groups is 4. The monoisotopic (exact) mass is 434 g/mol. The number of aromatic nitrogens is 1. The highest BCUT2D eigenvalue weighted by Gasteiger charge is 2.30. The lowest BCUT2D eigenvalue weighted by Gasteiger charge is -2.23. The minimum atomic E-state index is -1.33. The summed E-state index contributed by atoms with van der Waals surface area (Å²) in [6.07, 6.45) is -0.297. The third-order valence-corrected chi connectivity index (χ3v) is 4.82. The molecule has 1 aromatic carbocycles. The van der Waals surface area contributed by atoms with Crippen LogP contribution >= 0.6 is 0 Å². The van der Waals surface area contributed by atoms with E-state index < -0.39 is 54.4 Å². The number of rotatable bonds is 11. The summed E-state index contributed by atoms with van der Waals surface area (Å²) in [6.45, 7) is 1.29. The maximum absolute atomic E-state index is 12.7. The molecule has 2 rings (SSSR count). The normalized spacial score (nSPS) is 14.9. The Hall–Kier alpha value is -3.44. The van der Waals surface area contributed by atoms with Crippen molar-refractivity contribution >= 4 is 34.7 Å². The third-order valence-electron chi connectivity index (χ3n) is 4.82. The Kier molecular flexibility index (Phi) is 8.11. The van der Waals surface area contributed by atoms with E-state index in [9.17, 15) is 29.4 Å². The van der Waals surface area contributed by atoms with Crippen LogP contribution < -0.4 is 16.4 Å². The van der Waals surface area contributed by atoms with Crippen LogP contribution in [0.25, 0.3) is 10.9 Å². The number of H-pyrrole nitrogens is 1. The predicted octanol–water partition coefficient (Wildman–Crippen LogP) is -0.662. The van der Waals surface area contributed by atoms with E-state index in [1.165, 1.54) is 6.92 Å². The van der Waals surface area contributed by atoms with Crippen molar-refractivity contribution in [3.05, 3.63) is 36.0 Å². The van der Waals surface area contributed by atoms with Crippen molar-refractivity contribution in [2.75, 3.05) is 0 Å². The molecule has 8 N–H and O–H groups in total. The van der Waals surface area contributed by atoms with E-state index in [1.807, 2.05) is 18.2 Å². The number of carboxylic acid groups (broad SMARTS) is 2. The fourth-order valence-electron chi connectivity index (χ4n) is 3.02. The molecule has 0 saturated heterocycles. The average Bonchev–Trinajstić information content (AvgIpc) is 3.12. The van der Waals surface area contributed by atoms with Gasteiger partial charge in [0.1, 0.15) is 18.1 Å². The summed E-state index contributed by atoms with van der Waals surface area (Å²) in [7, 11) is 0. The SMILES string of the molecule is CC(O)C(N)C(=O)NC(CCC(=O)O)C(=O)NC(Cc1c[nH]c2ccccc12)C(=O)O. The fourth-order valence-corrected chi connectivity index (χ4v) is 3.02. The number of fused-ring (bicyclic) bond motifs is 1. The number of amides is 2. The van der Waals surface area contributed by atoms with Crippen LogP contribution in [-0.2, 0) is 25.6 Å². The number of aliphatic carboxylic acids is 2. The smallest absolute Gasteiger partial charge is 0.326 e. The minimum absolute atomic E-state index is 0.0299. The molecule has 1 aromatic heterocycles. The van der Waals surface area contributed by atoms with E-state index in [2.05, 4.69) is 15.6 Å². The summed E-state index contributed by atoms with van der Waals surface area (Å²) < 4.78 is 0. The van der Waals surface area contributed by atoms with Crippen LogP contribution in [0.15, 0.2) is 30.5 Å². The molecule has 0 radical (unpaired) electrons. The Morgan fingerprint density at radius 3 is 2.32 bits per heavy atom. The first-order valence-electron chi connectivity index (χ1n) is 9.64. The van der Waals surface area contributed by atoms with Gasteiger partial charge in [0, 0.05) is 29.9 Å². The molecular formula is C20H26N4O7. The topological polar surface area (TPSA) is 195 Å². The van der Waals surface area contributed by atoms with Gasteiger partial charge >= 0.3 is 11.9 Å². The summed E-state index contributed by atoms with van der Waals surface area (Å²) in [4.78, 5) is 50.5. The van der Waals surface area contributed by atoms with Crippen LogP contribution in [0.2, 0.25) is 0 Å². The summed E-state index contributed by atoms with van der Waals surface area (Å²) in [5.41, 5.74) is 7.03. The van der Waals surface area contributed by atoms with Crippen LogP contribution in [0, 0.1) is 0 Å².